The molecular formula is C22H19ClF4O2. The van der Waals surface area contributed by atoms with E-state index in [0.717, 1.165) is 11.6 Å². The van der Waals surface area contributed by atoms with E-state index in [9.17, 15) is 22.4 Å². The first-order valence-corrected chi connectivity index (χ1v) is 9.34. The van der Waals surface area contributed by atoms with Crippen LogP contribution in [0.1, 0.15) is 19.4 Å². The minimum atomic E-state index is -4.63. The number of allylic oxidation sites excluding steroid dienone is 2. The molecule has 2 nitrogen and oxygen atoms in total. The molecule has 2 atom stereocenters. The predicted molar refractivity (Wildman–Crippen MR) is 102 cm³/mol. The average molecular weight is 427 g/mol. The van der Waals surface area contributed by atoms with Crippen molar-refractivity contribution in [3.05, 3.63) is 71.0 Å². The molecule has 2 aromatic carbocycles. The van der Waals surface area contributed by atoms with Gasteiger partial charge in [-0.25, -0.2) is 4.39 Å². The van der Waals surface area contributed by atoms with E-state index in [1.54, 1.807) is 44.2 Å². The molecule has 29 heavy (non-hydrogen) atoms. The lowest BCUT2D eigenvalue weighted by atomic mass is 10.0. The van der Waals surface area contributed by atoms with Gasteiger partial charge in [0.1, 0.15) is 17.5 Å². The van der Waals surface area contributed by atoms with Crippen molar-refractivity contribution in [3.8, 4) is 11.1 Å². The first-order valence-electron chi connectivity index (χ1n) is 8.96. The highest BCUT2D eigenvalue weighted by Gasteiger charge is 2.62. The molecular weight excluding hydrogens is 408 g/mol. The van der Waals surface area contributed by atoms with Gasteiger partial charge in [-0.05, 0) is 46.2 Å². The van der Waals surface area contributed by atoms with E-state index in [1.165, 1.54) is 12.1 Å². The monoisotopic (exact) mass is 426 g/mol. The first-order chi connectivity index (χ1) is 13.5. The third-order valence-corrected chi connectivity index (χ3v) is 5.57. The van der Waals surface area contributed by atoms with Crippen LogP contribution in [-0.2, 0) is 16.1 Å². The Hall–Kier alpha value is -2.34. The fourth-order valence-electron chi connectivity index (χ4n) is 3.44. The number of esters is 1. The Bertz CT molecular complexity index is 950. The number of halogens is 5. The number of benzene rings is 2. The Morgan fingerprint density at radius 2 is 1.76 bits per heavy atom. The highest BCUT2D eigenvalue weighted by molar-refractivity contribution is 6.30. The molecule has 0 amide bonds. The molecule has 1 saturated carbocycles. The van der Waals surface area contributed by atoms with Crippen LogP contribution in [0.4, 0.5) is 17.6 Å². The summed E-state index contributed by atoms with van der Waals surface area (Å²) < 4.78 is 56.7. The summed E-state index contributed by atoms with van der Waals surface area (Å²) in [7, 11) is 0. The molecule has 154 valence electrons. The second-order valence-electron chi connectivity index (χ2n) is 7.66. The SMILES string of the molecule is CC1(C)C(C=C(Cl)C(F)(F)F)C1C(=O)OCc1cccc(-c2cccc(F)c2)c1. The van der Waals surface area contributed by atoms with E-state index in [4.69, 9.17) is 16.3 Å². The minimum absolute atomic E-state index is 0.0298. The van der Waals surface area contributed by atoms with Gasteiger partial charge in [0.15, 0.2) is 0 Å². The van der Waals surface area contributed by atoms with Crippen molar-refractivity contribution in [1.82, 2.24) is 0 Å². The van der Waals surface area contributed by atoms with Crippen LogP contribution in [0, 0.1) is 23.1 Å². The number of rotatable bonds is 5. The van der Waals surface area contributed by atoms with Crippen molar-refractivity contribution in [2.75, 3.05) is 0 Å². The van der Waals surface area contributed by atoms with Gasteiger partial charge in [-0.3, -0.25) is 4.79 Å². The van der Waals surface area contributed by atoms with Gasteiger partial charge in [0.05, 0.1) is 5.92 Å². The molecule has 2 aromatic rings. The summed E-state index contributed by atoms with van der Waals surface area (Å²) in [6.45, 7) is 3.37. The molecule has 0 heterocycles. The zero-order valence-electron chi connectivity index (χ0n) is 15.8. The number of hydrogen-bond acceptors (Lipinski definition) is 2. The maximum atomic E-state index is 13.4. The molecule has 0 saturated heterocycles. The Morgan fingerprint density at radius 1 is 1.14 bits per heavy atom. The lowest BCUT2D eigenvalue weighted by Gasteiger charge is -2.08. The second-order valence-corrected chi connectivity index (χ2v) is 8.06. The van der Waals surface area contributed by atoms with Gasteiger partial charge in [0, 0.05) is 0 Å². The van der Waals surface area contributed by atoms with E-state index in [0.29, 0.717) is 11.1 Å². The van der Waals surface area contributed by atoms with E-state index in [-0.39, 0.29) is 12.4 Å². The van der Waals surface area contributed by atoms with Gasteiger partial charge in [-0.1, -0.05) is 61.9 Å². The van der Waals surface area contributed by atoms with Gasteiger partial charge in [-0.2, -0.15) is 13.2 Å². The van der Waals surface area contributed by atoms with E-state index in [1.807, 2.05) is 6.07 Å². The molecule has 0 spiro atoms. The van der Waals surface area contributed by atoms with Crippen molar-refractivity contribution < 1.29 is 27.1 Å². The summed E-state index contributed by atoms with van der Waals surface area (Å²) in [5.74, 6) is -2.25. The lowest BCUT2D eigenvalue weighted by Crippen LogP contribution is -2.11. The minimum Gasteiger partial charge on any atom is -0.461 e. The van der Waals surface area contributed by atoms with Crippen LogP contribution in [-0.4, -0.2) is 12.1 Å². The van der Waals surface area contributed by atoms with Gasteiger partial charge in [0.25, 0.3) is 0 Å². The van der Waals surface area contributed by atoms with Gasteiger partial charge in [0.2, 0.25) is 0 Å². The number of ether oxygens (including phenoxy) is 1. The summed E-state index contributed by atoms with van der Waals surface area (Å²) in [5.41, 5.74) is 1.49. The molecule has 1 fully saturated rings. The number of carbonyl (C=O) groups excluding carboxylic acids is 1. The summed E-state index contributed by atoms with van der Waals surface area (Å²) in [6.07, 6.45) is -3.75. The van der Waals surface area contributed by atoms with E-state index >= 15 is 0 Å². The fraction of sp³-hybridized carbons (Fsp3) is 0.318. The average Bonchev–Trinajstić information content (AvgIpc) is 3.19. The number of carbonyl (C=O) groups is 1. The fourth-order valence-corrected chi connectivity index (χ4v) is 3.58. The topological polar surface area (TPSA) is 26.3 Å². The van der Waals surface area contributed by atoms with Crippen LogP contribution in [0.15, 0.2) is 59.6 Å². The highest BCUT2D eigenvalue weighted by atomic mass is 35.5. The zero-order valence-corrected chi connectivity index (χ0v) is 16.5. The van der Waals surface area contributed by atoms with E-state index in [2.05, 4.69) is 0 Å². The molecule has 2 unspecified atom stereocenters. The zero-order chi connectivity index (χ0) is 21.4. The van der Waals surface area contributed by atoms with Gasteiger partial charge in [-0.15, -0.1) is 0 Å². The smallest absolute Gasteiger partial charge is 0.426 e. The molecule has 7 heteroatoms. The predicted octanol–water partition coefficient (Wildman–Crippen LogP) is 6.49. The molecule has 3 rings (SSSR count). The Labute approximate surface area is 171 Å². The third kappa shape index (κ3) is 4.81. The van der Waals surface area contributed by atoms with Gasteiger partial charge < -0.3 is 4.74 Å². The summed E-state index contributed by atoms with van der Waals surface area (Å²) in [5, 5.41) is -1.23. The van der Waals surface area contributed by atoms with Crippen LogP contribution in [0.25, 0.3) is 11.1 Å². The summed E-state index contributed by atoms with van der Waals surface area (Å²) >= 11 is 5.31. The molecule has 0 N–H and O–H groups in total. The molecule has 0 radical (unpaired) electrons. The Balaban J connectivity index is 1.66. The lowest BCUT2D eigenvalue weighted by molar-refractivity contribution is -0.147. The molecule has 1 aliphatic rings. The maximum absolute atomic E-state index is 13.4. The van der Waals surface area contributed by atoms with Crippen molar-refractivity contribution in [1.29, 1.82) is 0 Å². The van der Waals surface area contributed by atoms with Crippen molar-refractivity contribution >= 4 is 17.6 Å². The standard InChI is InChI=1S/C22H19ClF4O2/c1-21(2)17(11-18(23)22(25,26)27)19(21)20(28)29-12-13-5-3-6-14(9-13)15-7-4-8-16(24)10-15/h3-11,17,19H,12H2,1-2H3. The quantitative estimate of drug-likeness (QED) is 0.403. The van der Waals surface area contributed by atoms with Crippen LogP contribution in [0.3, 0.4) is 0 Å². The Kier molecular flexibility index (Phi) is 5.77. The summed E-state index contributed by atoms with van der Waals surface area (Å²) in [4.78, 5) is 12.4. The van der Waals surface area contributed by atoms with Crippen LogP contribution in [0.5, 0.6) is 0 Å². The first kappa shape index (κ1) is 21.4. The number of hydrogen-bond donors (Lipinski definition) is 0. The van der Waals surface area contributed by atoms with Crippen molar-refractivity contribution in [2.24, 2.45) is 17.3 Å². The van der Waals surface area contributed by atoms with Gasteiger partial charge >= 0.3 is 12.1 Å². The molecule has 0 aromatic heterocycles. The summed E-state index contributed by atoms with van der Waals surface area (Å²) in [6, 6.07) is 13.2. The molecule has 0 bridgehead atoms. The second kappa shape index (κ2) is 7.82. The highest BCUT2D eigenvalue weighted by Crippen LogP contribution is 2.60. The van der Waals surface area contributed by atoms with Crippen molar-refractivity contribution in [2.45, 2.75) is 26.6 Å². The third-order valence-electron chi connectivity index (χ3n) is 5.23. The van der Waals surface area contributed by atoms with Crippen LogP contribution in [0.2, 0.25) is 0 Å². The molecule has 0 aliphatic heterocycles. The number of alkyl halides is 3. The van der Waals surface area contributed by atoms with E-state index < -0.39 is 34.4 Å². The largest absolute Gasteiger partial charge is 0.461 e. The normalized spacial score (nSPS) is 21.0. The maximum Gasteiger partial charge on any atom is 0.426 e. The Morgan fingerprint density at radius 3 is 2.38 bits per heavy atom. The van der Waals surface area contributed by atoms with Crippen LogP contribution < -0.4 is 0 Å². The molecule has 1 aliphatic carbocycles. The van der Waals surface area contributed by atoms with Crippen molar-refractivity contribution in [3.63, 3.8) is 0 Å². The van der Waals surface area contributed by atoms with Crippen LogP contribution >= 0.6 is 11.6 Å².